The molecule has 2 aliphatic rings. The Balaban J connectivity index is 1.27. The molecule has 1 atom stereocenters. The number of nitrogens with two attached hydrogens (primary N) is 1. The number of rotatable bonds is 3. The first-order chi connectivity index (χ1) is 16.9. The molecule has 178 valence electrons. The summed E-state index contributed by atoms with van der Waals surface area (Å²) in [6, 6.07) is 10.2. The molecule has 1 spiro atoms. The largest absolute Gasteiger partial charge is 0.342 e. The van der Waals surface area contributed by atoms with Crippen LogP contribution in [0.15, 0.2) is 47.9 Å². The van der Waals surface area contributed by atoms with Gasteiger partial charge in [-0.2, -0.15) is 10.1 Å². The number of halogens is 2. The number of fused-ring (bicyclic) bond motifs is 2. The van der Waals surface area contributed by atoms with Crippen molar-refractivity contribution in [3.8, 4) is 0 Å². The third-order valence-corrected chi connectivity index (χ3v) is 8.29. The predicted octanol–water partition coefficient (Wildman–Crippen LogP) is 4.25. The summed E-state index contributed by atoms with van der Waals surface area (Å²) in [5, 5.41) is 7.94. The summed E-state index contributed by atoms with van der Waals surface area (Å²) in [6.45, 7) is 5.60. The average molecular weight is 508 g/mol. The Bertz CT molecular complexity index is 1530. The van der Waals surface area contributed by atoms with Gasteiger partial charge in [-0.3, -0.25) is 14.9 Å². The molecular weight excluding hydrogens is 485 g/mol. The van der Waals surface area contributed by atoms with Crippen molar-refractivity contribution in [2.45, 2.75) is 25.3 Å². The Labute approximate surface area is 211 Å². The average Bonchev–Trinajstić information content (AvgIpc) is 3.41. The number of anilines is 1. The fourth-order valence-electron chi connectivity index (χ4n) is 5.54. The first-order valence-electron chi connectivity index (χ1n) is 11.4. The standard InChI is InChI=1S/C25H23Cl2N7O/c1-13(15-6-9-29-21(27)18(15)26)19-17-22(33-32-19)30-24(31-23(17)35)34-10-7-25(8-11-34)12-14-4-2-3-5-16(14)20(25)28/h2-6,9,20H,1,7-8,10-12,28H2,(H2,30,31,32,33,35)/t20-/m1/s1. The van der Waals surface area contributed by atoms with Crippen LogP contribution >= 0.6 is 23.2 Å². The van der Waals surface area contributed by atoms with Crippen LogP contribution in [0.25, 0.3) is 16.6 Å². The molecule has 8 nitrogen and oxygen atoms in total. The molecule has 35 heavy (non-hydrogen) atoms. The van der Waals surface area contributed by atoms with Gasteiger partial charge in [0.05, 0.1) is 5.02 Å². The lowest BCUT2D eigenvalue weighted by atomic mass is 9.73. The smallest absolute Gasteiger partial charge is 0.264 e. The van der Waals surface area contributed by atoms with Gasteiger partial charge in [0.2, 0.25) is 5.95 Å². The van der Waals surface area contributed by atoms with Gasteiger partial charge in [0.1, 0.15) is 16.2 Å². The van der Waals surface area contributed by atoms with Crippen LogP contribution in [0.3, 0.4) is 0 Å². The number of aromatic amines is 2. The van der Waals surface area contributed by atoms with Gasteiger partial charge < -0.3 is 10.6 Å². The molecule has 1 saturated heterocycles. The lowest BCUT2D eigenvalue weighted by Gasteiger charge is -2.42. The van der Waals surface area contributed by atoms with Crippen LogP contribution in [-0.2, 0) is 6.42 Å². The number of benzene rings is 1. The third-order valence-electron chi connectivity index (χ3n) is 7.53. The van der Waals surface area contributed by atoms with Crippen molar-refractivity contribution in [2.75, 3.05) is 18.0 Å². The van der Waals surface area contributed by atoms with Crippen molar-refractivity contribution in [3.05, 3.63) is 86.0 Å². The van der Waals surface area contributed by atoms with E-state index in [4.69, 9.17) is 28.9 Å². The van der Waals surface area contributed by atoms with Crippen LogP contribution < -0.4 is 16.2 Å². The van der Waals surface area contributed by atoms with E-state index in [1.807, 2.05) is 0 Å². The Morgan fingerprint density at radius 1 is 1.20 bits per heavy atom. The molecule has 1 aliphatic heterocycles. The van der Waals surface area contributed by atoms with Crippen molar-refractivity contribution >= 4 is 45.8 Å². The van der Waals surface area contributed by atoms with Crippen LogP contribution in [0.5, 0.6) is 0 Å². The maximum absolute atomic E-state index is 13.1. The van der Waals surface area contributed by atoms with Crippen molar-refractivity contribution in [1.29, 1.82) is 0 Å². The second-order valence-electron chi connectivity index (χ2n) is 9.33. The van der Waals surface area contributed by atoms with Crippen LogP contribution in [0.1, 0.15) is 41.3 Å². The van der Waals surface area contributed by atoms with E-state index in [-0.39, 0.29) is 27.2 Å². The summed E-state index contributed by atoms with van der Waals surface area (Å²) >= 11 is 12.4. The van der Waals surface area contributed by atoms with Gasteiger partial charge in [0.15, 0.2) is 5.65 Å². The van der Waals surface area contributed by atoms with Crippen LogP contribution in [0.2, 0.25) is 10.2 Å². The Hall–Kier alpha value is -3.20. The zero-order valence-corrected chi connectivity index (χ0v) is 20.3. The van der Waals surface area contributed by atoms with Gasteiger partial charge in [-0.1, -0.05) is 54.0 Å². The molecule has 4 heterocycles. The molecule has 0 saturated carbocycles. The zero-order chi connectivity index (χ0) is 24.3. The fourth-order valence-corrected chi connectivity index (χ4v) is 5.93. The highest BCUT2D eigenvalue weighted by molar-refractivity contribution is 6.42. The monoisotopic (exact) mass is 507 g/mol. The Morgan fingerprint density at radius 3 is 2.74 bits per heavy atom. The molecule has 1 fully saturated rings. The molecule has 4 N–H and O–H groups in total. The number of pyridine rings is 1. The second-order valence-corrected chi connectivity index (χ2v) is 10.1. The van der Waals surface area contributed by atoms with Gasteiger partial charge >= 0.3 is 0 Å². The second kappa shape index (κ2) is 8.19. The topological polar surface area (TPSA) is 117 Å². The number of nitrogens with one attached hydrogen (secondary N) is 2. The molecular formula is C25H23Cl2N7O. The summed E-state index contributed by atoms with van der Waals surface area (Å²) in [4.78, 5) is 26.8. The van der Waals surface area contributed by atoms with Crippen molar-refractivity contribution in [2.24, 2.45) is 11.1 Å². The molecule has 1 aliphatic carbocycles. The highest BCUT2D eigenvalue weighted by Crippen LogP contribution is 2.50. The third kappa shape index (κ3) is 3.47. The van der Waals surface area contributed by atoms with Crippen molar-refractivity contribution in [1.82, 2.24) is 25.1 Å². The quantitative estimate of drug-likeness (QED) is 0.357. The van der Waals surface area contributed by atoms with E-state index in [1.165, 1.54) is 17.3 Å². The summed E-state index contributed by atoms with van der Waals surface area (Å²) in [6.07, 6.45) is 4.38. The molecule has 4 aromatic rings. The van der Waals surface area contributed by atoms with E-state index in [2.05, 4.69) is 60.9 Å². The zero-order valence-electron chi connectivity index (χ0n) is 18.8. The highest BCUT2D eigenvalue weighted by Gasteiger charge is 2.46. The maximum Gasteiger partial charge on any atom is 0.264 e. The molecule has 10 heteroatoms. The van der Waals surface area contributed by atoms with E-state index in [1.54, 1.807) is 6.07 Å². The summed E-state index contributed by atoms with van der Waals surface area (Å²) < 4.78 is 0. The minimum atomic E-state index is -0.295. The van der Waals surface area contributed by atoms with Gasteiger partial charge in [0, 0.05) is 36.5 Å². The lowest BCUT2D eigenvalue weighted by molar-refractivity contribution is 0.187. The van der Waals surface area contributed by atoms with Crippen LogP contribution in [0, 0.1) is 5.41 Å². The Kier molecular flexibility index (Phi) is 5.21. The summed E-state index contributed by atoms with van der Waals surface area (Å²) in [5.41, 5.74) is 10.8. The van der Waals surface area contributed by atoms with Crippen molar-refractivity contribution < 1.29 is 0 Å². The maximum atomic E-state index is 13.1. The normalized spacial score (nSPS) is 18.8. The van der Waals surface area contributed by atoms with Crippen molar-refractivity contribution in [3.63, 3.8) is 0 Å². The number of nitrogens with zero attached hydrogens (tertiary/aromatic N) is 4. The molecule has 6 rings (SSSR count). The minimum absolute atomic E-state index is 0.0324. The van der Waals surface area contributed by atoms with E-state index < -0.39 is 0 Å². The lowest BCUT2D eigenvalue weighted by Crippen LogP contribution is -2.45. The molecule has 0 bridgehead atoms. The number of aromatic nitrogens is 5. The van der Waals surface area contributed by atoms with E-state index >= 15 is 0 Å². The molecule has 0 radical (unpaired) electrons. The van der Waals surface area contributed by atoms with Gasteiger partial charge in [-0.15, -0.1) is 0 Å². The molecule has 1 aromatic carbocycles. The van der Waals surface area contributed by atoms with Gasteiger partial charge in [-0.25, -0.2) is 4.98 Å². The van der Waals surface area contributed by atoms with E-state index in [9.17, 15) is 4.79 Å². The Morgan fingerprint density at radius 2 is 1.97 bits per heavy atom. The van der Waals surface area contributed by atoms with E-state index in [0.29, 0.717) is 33.8 Å². The number of piperidine rings is 1. The first kappa shape index (κ1) is 22.3. The van der Waals surface area contributed by atoms with Crippen LogP contribution in [-0.4, -0.2) is 38.2 Å². The fraction of sp³-hybridized carbons (Fsp3) is 0.280. The van der Waals surface area contributed by atoms with Gasteiger partial charge in [-0.05, 0) is 41.9 Å². The molecule has 0 unspecified atom stereocenters. The van der Waals surface area contributed by atoms with E-state index in [0.717, 1.165) is 32.4 Å². The first-order valence-corrected chi connectivity index (χ1v) is 12.2. The SMILES string of the molecule is C=C(c1ccnc(Cl)c1Cl)c1n[nH]c2nc(N3CCC4(CC3)Cc3ccccc3[C@H]4N)[nH]c(=O)c12. The molecule has 0 amide bonds. The van der Waals surface area contributed by atoms with Crippen LogP contribution in [0.4, 0.5) is 5.95 Å². The number of hydrogen-bond acceptors (Lipinski definition) is 6. The summed E-state index contributed by atoms with van der Waals surface area (Å²) in [7, 11) is 0. The predicted molar refractivity (Wildman–Crippen MR) is 138 cm³/mol. The minimum Gasteiger partial charge on any atom is -0.342 e. The summed E-state index contributed by atoms with van der Waals surface area (Å²) in [5.74, 6) is 0.521. The highest BCUT2D eigenvalue weighted by atomic mass is 35.5. The van der Waals surface area contributed by atoms with Gasteiger partial charge in [0.25, 0.3) is 5.56 Å². The number of hydrogen-bond donors (Lipinski definition) is 3. The number of H-pyrrole nitrogens is 2. The molecule has 3 aromatic heterocycles.